The molecule has 2 atom stereocenters. The third kappa shape index (κ3) is 5.32. The van der Waals surface area contributed by atoms with E-state index >= 15 is 0 Å². The van der Waals surface area contributed by atoms with E-state index in [2.05, 4.69) is 14.7 Å². The first-order valence-electron chi connectivity index (χ1n) is 11.4. The molecule has 0 saturated carbocycles. The molecule has 1 aromatic carbocycles. The number of carbonyl (C=O) groups is 2. The van der Waals surface area contributed by atoms with E-state index in [-0.39, 0.29) is 35.7 Å². The number of halogens is 1. The molecule has 3 aromatic rings. The Labute approximate surface area is 213 Å². The molecule has 2 unspecified atom stereocenters. The van der Waals surface area contributed by atoms with Gasteiger partial charge in [0.05, 0.1) is 7.11 Å². The van der Waals surface area contributed by atoms with Crippen LogP contribution in [-0.2, 0) is 30.8 Å². The topological polar surface area (TPSA) is 148 Å². The van der Waals surface area contributed by atoms with Gasteiger partial charge in [-0.05, 0) is 47.7 Å². The van der Waals surface area contributed by atoms with Crippen LogP contribution in [0.4, 0.5) is 16.0 Å². The van der Waals surface area contributed by atoms with Crippen LogP contribution in [0.25, 0.3) is 10.8 Å². The van der Waals surface area contributed by atoms with Crippen molar-refractivity contribution in [3.05, 3.63) is 54.1 Å². The molecule has 1 amide bonds. The van der Waals surface area contributed by atoms with Crippen LogP contribution in [0.2, 0.25) is 0 Å². The molecule has 3 N–H and O–H groups in total. The van der Waals surface area contributed by atoms with E-state index in [0.29, 0.717) is 16.6 Å². The summed E-state index contributed by atoms with van der Waals surface area (Å²) in [5.74, 6) is -1.22. The van der Waals surface area contributed by atoms with Gasteiger partial charge in [-0.3, -0.25) is 4.79 Å². The smallest absolute Gasteiger partial charge is 0.328 e. The van der Waals surface area contributed by atoms with Gasteiger partial charge >= 0.3 is 5.97 Å². The van der Waals surface area contributed by atoms with Gasteiger partial charge in [0.15, 0.2) is 0 Å². The van der Waals surface area contributed by atoms with Crippen molar-refractivity contribution in [2.24, 2.45) is 0 Å². The van der Waals surface area contributed by atoms with E-state index in [0.717, 1.165) is 0 Å². The summed E-state index contributed by atoms with van der Waals surface area (Å²) in [4.78, 5) is 36.8. The molecule has 37 heavy (non-hydrogen) atoms. The number of nitrogens with zero attached hydrogens (tertiary/aromatic N) is 4. The zero-order valence-electron chi connectivity index (χ0n) is 20.5. The maximum atomic E-state index is 14.9. The molecule has 0 bridgehead atoms. The molecule has 13 heteroatoms. The van der Waals surface area contributed by atoms with Crippen molar-refractivity contribution in [3.63, 3.8) is 0 Å². The maximum absolute atomic E-state index is 14.9. The van der Waals surface area contributed by atoms with Gasteiger partial charge in [-0.25, -0.2) is 27.6 Å². The van der Waals surface area contributed by atoms with Crippen LogP contribution in [0.3, 0.4) is 0 Å². The molecule has 11 nitrogen and oxygen atoms in total. The van der Waals surface area contributed by atoms with Crippen LogP contribution in [-0.4, -0.2) is 75.0 Å². The first-order chi connectivity index (χ1) is 17.5. The van der Waals surface area contributed by atoms with E-state index in [4.69, 9.17) is 10.5 Å². The van der Waals surface area contributed by atoms with Crippen molar-refractivity contribution >= 4 is 44.3 Å². The van der Waals surface area contributed by atoms with Gasteiger partial charge in [0.1, 0.15) is 34.4 Å². The van der Waals surface area contributed by atoms with E-state index < -0.39 is 39.8 Å². The highest BCUT2D eigenvalue weighted by molar-refractivity contribution is 7.89. The molecular weight excluding hydrogens is 503 g/mol. The van der Waals surface area contributed by atoms with Crippen molar-refractivity contribution in [2.75, 3.05) is 38.4 Å². The molecular formula is C24H27FN6O5S. The number of nitrogens with two attached hydrogens (primary N) is 1. The Morgan fingerprint density at radius 1 is 1.30 bits per heavy atom. The molecule has 1 fully saturated rings. The third-order valence-corrected chi connectivity index (χ3v) is 7.71. The second-order valence-corrected chi connectivity index (χ2v) is 10.6. The summed E-state index contributed by atoms with van der Waals surface area (Å²) in [6, 6.07) is 5.13. The van der Waals surface area contributed by atoms with Crippen molar-refractivity contribution in [1.82, 2.24) is 19.6 Å². The van der Waals surface area contributed by atoms with Crippen LogP contribution in [0.5, 0.6) is 0 Å². The minimum atomic E-state index is -4.06. The average Bonchev–Trinajstić information content (AvgIpc) is 3.21. The lowest BCUT2D eigenvalue weighted by molar-refractivity contribution is -0.151. The fourth-order valence-corrected chi connectivity index (χ4v) is 5.43. The number of sulfonamides is 1. The van der Waals surface area contributed by atoms with Crippen LogP contribution >= 0.6 is 0 Å². The maximum Gasteiger partial charge on any atom is 0.328 e. The summed E-state index contributed by atoms with van der Waals surface area (Å²) in [6.07, 6.45) is 2.65. The van der Waals surface area contributed by atoms with Gasteiger partial charge in [-0.15, -0.1) is 0 Å². The van der Waals surface area contributed by atoms with Crippen LogP contribution in [0.1, 0.15) is 12.0 Å². The Balaban J connectivity index is 1.55. The monoisotopic (exact) mass is 530 g/mol. The summed E-state index contributed by atoms with van der Waals surface area (Å²) in [6.45, 7) is 0.0790. The van der Waals surface area contributed by atoms with Crippen molar-refractivity contribution < 1.29 is 27.1 Å². The number of aromatic nitrogens is 2. The molecule has 3 heterocycles. The zero-order chi connectivity index (χ0) is 26.9. The lowest BCUT2D eigenvalue weighted by atomic mass is 10.0. The second kappa shape index (κ2) is 10.3. The summed E-state index contributed by atoms with van der Waals surface area (Å²) < 4.78 is 48.0. The molecule has 4 rings (SSSR count). The minimum Gasteiger partial charge on any atom is -0.467 e. The summed E-state index contributed by atoms with van der Waals surface area (Å²) in [5.41, 5.74) is 6.00. The number of rotatable bonds is 8. The average molecular weight is 531 g/mol. The first-order valence-corrected chi connectivity index (χ1v) is 12.9. The van der Waals surface area contributed by atoms with Gasteiger partial charge < -0.3 is 20.3 Å². The molecule has 0 spiro atoms. The lowest BCUT2D eigenvalue weighted by Crippen LogP contribution is -2.48. The van der Waals surface area contributed by atoms with Gasteiger partial charge in [-0.2, -0.15) is 4.72 Å². The minimum absolute atomic E-state index is 0.0790. The number of fused-ring (bicyclic) bond motifs is 1. The van der Waals surface area contributed by atoms with E-state index in [1.807, 2.05) is 0 Å². The number of benzene rings is 1. The number of nitrogen functional groups attached to an aromatic ring is 1. The van der Waals surface area contributed by atoms with Crippen molar-refractivity contribution in [1.29, 1.82) is 0 Å². The number of methoxy groups -OCH3 is 1. The number of hydrogen-bond donors (Lipinski definition) is 2. The van der Waals surface area contributed by atoms with Crippen LogP contribution in [0.15, 0.2) is 47.6 Å². The van der Waals surface area contributed by atoms with Crippen molar-refractivity contribution in [2.45, 2.75) is 29.8 Å². The normalized spacial score (nSPS) is 16.7. The van der Waals surface area contributed by atoms with E-state index in [9.17, 15) is 22.4 Å². The predicted molar refractivity (Wildman–Crippen MR) is 135 cm³/mol. The van der Waals surface area contributed by atoms with E-state index in [1.165, 1.54) is 36.5 Å². The molecule has 0 aliphatic carbocycles. The first kappa shape index (κ1) is 26.2. The number of likely N-dealkylation sites (tertiary alicyclic amines) is 1. The highest BCUT2D eigenvalue weighted by Gasteiger charge is 2.41. The predicted octanol–water partition coefficient (Wildman–Crippen LogP) is 1.08. The fourth-order valence-electron chi connectivity index (χ4n) is 4.26. The standard InChI is InChI=1S/C24H27FN6O5S/c1-30(2)21-5-4-16(13-28-21)37(34,35)29-19-7-9-31(23(19)32)20(24(33)36-3)11-15-10-14-6-8-27-22(26)17(14)12-18(15)25/h4-6,8,10,12-13,19-20,29H,7,9,11H2,1-3H3,(H2,26,27). The number of ether oxygens (including phenoxy) is 1. The number of carbonyl (C=O) groups excluding carboxylic acids is 2. The van der Waals surface area contributed by atoms with Gasteiger partial charge in [-0.1, -0.05) is 0 Å². The Kier molecular flexibility index (Phi) is 7.28. The molecule has 1 aliphatic rings. The number of anilines is 2. The van der Waals surface area contributed by atoms with Gasteiger partial charge in [0.25, 0.3) is 0 Å². The summed E-state index contributed by atoms with van der Waals surface area (Å²) >= 11 is 0. The summed E-state index contributed by atoms with van der Waals surface area (Å²) in [7, 11) is 0.655. The number of hydrogen-bond acceptors (Lipinski definition) is 9. The van der Waals surface area contributed by atoms with Gasteiger partial charge in [0.2, 0.25) is 15.9 Å². The molecule has 196 valence electrons. The Hall–Kier alpha value is -3.84. The Bertz CT molecular complexity index is 1450. The third-order valence-electron chi connectivity index (χ3n) is 6.25. The lowest BCUT2D eigenvalue weighted by Gasteiger charge is -2.26. The molecule has 0 radical (unpaired) electrons. The number of pyridine rings is 2. The molecule has 1 aliphatic heterocycles. The fraction of sp³-hybridized carbons (Fsp3) is 0.333. The number of amides is 1. The van der Waals surface area contributed by atoms with Gasteiger partial charge in [0, 0.05) is 44.8 Å². The zero-order valence-corrected chi connectivity index (χ0v) is 21.3. The largest absolute Gasteiger partial charge is 0.467 e. The molecule has 2 aromatic heterocycles. The Morgan fingerprint density at radius 2 is 2.05 bits per heavy atom. The Morgan fingerprint density at radius 3 is 2.70 bits per heavy atom. The number of esters is 1. The molecule has 1 saturated heterocycles. The van der Waals surface area contributed by atoms with Crippen molar-refractivity contribution in [3.8, 4) is 0 Å². The SMILES string of the molecule is COC(=O)C(Cc1cc2ccnc(N)c2cc1F)N1CCC(NS(=O)(=O)c2ccc(N(C)C)nc2)C1=O. The van der Waals surface area contributed by atoms with Crippen LogP contribution < -0.4 is 15.4 Å². The van der Waals surface area contributed by atoms with E-state index in [1.54, 1.807) is 37.2 Å². The second-order valence-electron chi connectivity index (χ2n) is 8.84. The highest BCUT2D eigenvalue weighted by atomic mass is 32.2. The quantitative estimate of drug-likeness (QED) is 0.408. The van der Waals surface area contributed by atoms with Crippen LogP contribution in [0, 0.1) is 5.82 Å². The summed E-state index contributed by atoms with van der Waals surface area (Å²) in [5, 5.41) is 1.05. The number of nitrogens with one attached hydrogen (secondary N) is 1. The highest BCUT2D eigenvalue weighted by Crippen LogP contribution is 2.26.